The van der Waals surface area contributed by atoms with Gasteiger partial charge in [-0.2, -0.15) is 5.10 Å². The average Bonchev–Trinajstić information content (AvgIpc) is 3.32. The molecule has 0 aliphatic rings. The number of hydrogen-bond donors (Lipinski definition) is 1. The number of carbonyl (C=O) groups excluding carboxylic acids is 1. The third-order valence-electron chi connectivity index (χ3n) is 4.72. The van der Waals surface area contributed by atoms with Crippen LogP contribution in [0.2, 0.25) is 5.02 Å². The minimum absolute atomic E-state index is 0.192. The minimum atomic E-state index is -0.192. The number of amides is 1. The molecule has 0 radical (unpaired) electrons. The summed E-state index contributed by atoms with van der Waals surface area (Å²) >= 11 is 8.81. The van der Waals surface area contributed by atoms with E-state index >= 15 is 0 Å². The van der Waals surface area contributed by atoms with Gasteiger partial charge in [0.15, 0.2) is 4.34 Å². The molecular weight excluding hydrogens is 486 g/mol. The van der Waals surface area contributed by atoms with Crippen molar-refractivity contribution in [2.75, 3.05) is 5.75 Å². The largest absolute Gasteiger partial charge is 0.489 e. The highest BCUT2D eigenvalue weighted by atomic mass is 35.5. The maximum Gasteiger partial charge on any atom is 0.250 e. The number of aryl methyl sites for hydroxylation is 1. The number of rotatable bonds is 9. The Bertz CT molecular complexity index is 1270. The lowest BCUT2D eigenvalue weighted by Gasteiger charge is -2.07. The second-order valence-electron chi connectivity index (χ2n) is 7.43. The van der Waals surface area contributed by atoms with Crippen LogP contribution in [0.5, 0.6) is 5.75 Å². The number of nitrogens with zero attached hydrogens (tertiary/aromatic N) is 2. The van der Waals surface area contributed by atoms with Crippen molar-refractivity contribution in [2.45, 2.75) is 17.9 Å². The fourth-order valence-corrected chi connectivity index (χ4v) is 4.79. The lowest BCUT2D eigenvalue weighted by molar-refractivity contribution is -0.118. The Morgan fingerprint density at radius 3 is 2.71 bits per heavy atom. The Hall–Kier alpha value is -3.13. The van der Waals surface area contributed by atoms with Crippen molar-refractivity contribution >= 4 is 46.8 Å². The van der Waals surface area contributed by atoms with Crippen molar-refractivity contribution in [1.29, 1.82) is 0 Å². The molecule has 0 bridgehead atoms. The molecule has 0 saturated heterocycles. The first-order chi connectivity index (χ1) is 16.5. The molecule has 0 unspecified atom stereocenters. The van der Waals surface area contributed by atoms with Crippen LogP contribution in [0.15, 0.2) is 87.6 Å². The Kier molecular flexibility index (Phi) is 8.36. The van der Waals surface area contributed by atoms with Gasteiger partial charge in [-0.05, 0) is 54.4 Å². The molecule has 0 spiro atoms. The van der Waals surface area contributed by atoms with E-state index in [1.165, 1.54) is 28.7 Å². The van der Waals surface area contributed by atoms with E-state index in [0.717, 1.165) is 32.5 Å². The first-order valence-electron chi connectivity index (χ1n) is 10.5. The molecule has 34 heavy (non-hydrogen) atoms. The molecule has 1 aromatic heterocycles. The van der Waals surface area contributed by atoms with E-state index < -0.39 is 0 Å². The second-order valence-corrected chi connectivity index (χ2v) is 9.95. The van der Waals surface area contributed by atoms with Gasteiger partial charge in [-0.1, -0.05) is 65.3 Å². The molecule has 5 nitrogen and oxygen atoms in total. The van der Waals surface area contributed by atoms with Crippen molar-refractivity contribution in [1.82, 2.24) is 10.4 Å². The maximum absolute atomic E-state index is 12.1. The van der Waals surface area contributed by atoms with E-state index in [4.69, 9.17) is 16.3 Å². The highest BCUT2D eigenvalue weighted by Gasteiger charge is 2.08. The molecule has 1 heterocycles. The van der Waals surface area contributed by atoms with Gasteiger partial charge in [0.1, 0.15) is 12.4 Å². The van der Waals surface area contributed by atoms with Crippen molar-refractivity contribution in [3.8, 4) is 17.0 Å². The zero-order valence-electron chi connectivity index (χ0n) is 18.4. The molecule has 1 N–H and O–H groups in total. The number of halogens is 1. The third kappa shape index (κ3) is 7.18. The first kappa shape index (κ1) is 24.0. The number of ether oxygens (including phenoxy) is 1. The van der Waals surface area contributed by atoms with Gasteiger partial charge in [0, 0.05) is 16.0 Å². The summed E-state index contributed by atoms with van der Waals surface area (Å²) in [5.74, 6) is 0.819. The predicted molar refractivity (Wildman–Crippen MR) is 141 cm³/mol. The average molecular weight is 508 g/mol. The van der Waals surface area contributed by atoms with Gasteiger partial charge < -0.3 is 4.74 Å². The fraction of sp³-hybridized carbons (Fsp3) is 0.115. The van der Waals surface area contributed by atoms with Gasteiger partial charge >= 0.3 is 0 Å². The molecule has 0 saturated carbocycles. The summed E-state index contributed by atoms with van der Waals surface area (Å²) in [6, 6.07) is 23.3. The maximum atomic E-state index is 12.1. The normalized spacial score (nSPS) is 11.0. The number of aromatic nitrogens is 1. The lowest BCUT2D eigenvalue weighted by atomic mass is 10.1. The first-order valence-corrected chi connectivity index (χ1v) is 12.7. The Morgan fingerprint density at radius 1 is 1.15 bits per heavy atom. The number of thiazole rings is 1. The molecule has 8 heteroatoms. The highest BCUT2D eigenvalue weighted by Crippen LogP contribution is 2.28. The van der Waals surface area contributed by atoms with E-state index in [1.54, 1.807) is 6.21 Å². The molecule has 1 amide bonds. The lowest BCUT2D eigenvalue weighted by Crippen LogP contribution is -2.19. The van der Waals surface area contributed by atoms with Crippen LogP contribution in [0.1, 0.15) is 16.7 Å². The Labute approximate surface area is 211 Å². The quantitative estimate of drug-likeness (QED) is 0.157. The van der Waals surface area contributed by atoms with Crippen LogP contribution in [0.4, 0.5) is 0 Å². The predicted octanol–water partition coefficient (Wildman–Crippen LogP) is 6.59. The molecule has 4 rings (SSSR count). The van der Waals surface area contributed by atoms with E-state index in [1.807, 2.05) is 66.0 Å². The highest BCUT2D eigenvalue weighted by molar-refractivity contribution is 8.01. The van der Waals surface area contributed by atoms with Crippen LogP contribution >= 0.6 is 34.7 Å². The molecule has 0 aliphatic carbocycles. The van der Waals surface area contributed by atoms with Crippen LogP contribution in [0.25, 0.3) is 11.3 Å². The zero-order valence-corrected chi connectivity index (χ0v) is 20.8. The Balaban J connectivity index is 1.20. The van der Waals surface area contributed by atoms with E-state index in [2.05, 4.69) is 34.6 Å². The van der Waals surface area contributed by atoms with Crippen LogP contribution in [-0.2, 0) is 11.4 Å². The number of nitrogens with one attached hydrogen (secondary N) is 1. The van der Waals surface area contributed by atoms with Gasteiger partial charge in [-0.15, -0.1) is 11.3 Å². The van der Waals surface area contributed by atoms with Gasteiger partial charge in [-0.25, -0.2) is 10.4 Å². The minimum Gasteiger partial charge on any atom is -0.489 e. The van der Waals surface area contributed by atoms with Crippen LogP contribution in [0, 0.1) is 6.92 Å². The third-order valence-corrected chi connectivity index (χ3v) is 6.99. The molecule has 172 valence electrons. The summed E-state index contributed by atoms with van der Waals surface area (Å²) in [6.45, 7) is 2.58. The molecule has 0 fully saturated rings. The summed E-state index contributed by atoms with van der Waals surface area (Å²) in [5.41, 5.74) is 7.62. The summed E-state index contributed by atoms with van der Waals surface area (Å²) in [6.07, 6.45) is 1.61. The zero-order chi connectivity index (χ0) is 23.8. The smallest absolute Gasteiger partial charge is 0.250 e. The SMILES string of the molecule is Cc1cccc(COc2ccc(/C=N/NC(=O)CSc3nc(-c4ccc(Cl)cc4)cs3)cc2)c1. The monoisotopic (exact) mass is 507 g/mol. The molecule has 0 atom stereocenters. The van der Waals surface area contributed by atoms with E-state index in [9.17, 15) is 4.79 Å². The topological polar surface area (TPSA) is 63.6 Å². The molecule has 3 aromatic carbocycles. The van der Waals surface area contributed by atoms with Crippen LogP contribution in [0.3, 0.4) is 0 Å². The number of hydrogen-bond acceptors (Lipinski definition) is 6. The standard InChI is InChI=1S/C26H22ClN3O2S2/c1-18-3-2-4-20(13-18)15-32-23-11-5-19(6-12-23)14-28-30-25(31)17-34-26-29-24(16-33-26)21-7-9-22(27)10-8-21/h2-14,16H,15,17H2,1H3,(H,30,31)/b28-14+. The van der Waals surface area contributed by atoms with Crippen molar-refractivity contribution in [3.63, 3.8) is 0 Å². The summed E-state index contributed by atoms with van der Waals surface area (Å²) in [4.78, 5) is 16.7. The summed E-state index contributed by atoms with van der Waals surface area (Å²) in [7, 11) is 0. The number of thioether (sulfide) groups is 1. The van der Waals surface area contributed by atoms with Gasteiger partial charge in [-0.3, -0.25) is 4.79 Å². The van der Waals surface area contributed by atoms with Crippen LogP contribution < -0.4 is 10.2 Å². The fourth-order valence-electron chi connectivity index (χ4n) is 3.03. The second kappa shape index (κ2) is 11.8. The van der Waals surface area contributed by atoms with Crippen molar-refractivity contribution < 1.29 is 9.53 Å². The number of hydrazone groups is 1. The molecule has 4 aromatic rings. The summed E-state index contributed by atoms with van der Waals surface area (Å²) < 4.78 is 6.65. The van der Waals surface area contributed by atoms with Crippen molar-refractivity contribution in [2.24, 2.45) is 5.10 Å². The number of carbonyl (C=O) groups is 1. The summed E-state index contributed by atoms with van der Waals surface area (Å²) in [5, 5.41) is 6.70. The van der Waals surface area contributed by atoms with E-state index in [-0.39, 0.29) is 11.7 Å². The molecular formula is C26H22ClN3O2S2. The molecule has 0 aliphatic heterocycles. The van der Waals surface area contributed by atoms with E-state index in [0.29, 0.717) is 11.6 Å². The number of benzene rings is 3. The van der Waals surface area contributed by atoms with Crippen molar-refractivity contribution in [3.05, 3.63) is 99.9 Å². The van der Waals surface area contributed by atoms with Gasteiger partial charge in [0.05, 0.1) is 17.7 Å². The van der Waals surface area contributed by atoms with Gasteiger partial charge in [0.2, 0.25) is 0 Å². The van der Waals surface area contributed by atoms with Crippen LogP contribution in [-0.4, -0.2) is 22.9 Å². The Morgan fingerprint density at radius 2 is 1.94 bits per heavy atom. The van der Waals surface area contributed by atoms with Gasteiger partial charge in [0.25, 0.3) is 5.91 Å².